The van der Waals surface area contributed by atoms with Crippen LogP contribution < -0.4 is 4.74 Å². The minimum Gasteiger partial charge on any atom is -0.482 e. The van der Waals surface area contributed by atoms with Gasteiger partial charge >= 0.3 is 12.1 Å². The summed E-state index contributed by atoms with van der Waals surface area (Å²) in [7, 11) is 0. The number of ether oxygens (including phenoxy) is 1. The highest BCUT2D eigenvalue weighted by atomic mass is 32.2. The molecule has 0 saturated carbocycles. The predicted octanol–water partition coefficient (Wildman–Crippen LogP) is 4.79. The van der Waals surface area contributed by atoms with E-state index in [0.717, 1.165) is 11.0 Å². The van der Waals surface area contributed by atoms with Crippen molar-refractivity contribution in [2.45, 2.75) is 18.0 Å². The molecule has 1 N–H and O–H groups in total. The van der Waals surface area contributed by atoms with Gasteiger partial charge in [0.2, 0.25) is 0 Å². The van der Waals surface area contributed by atoms with Gasteiger partial charge in [-0.05, 0) is 42.8 Å². The maximum atomic E-state index is 13.1. The van der Waals surface area contributed by atoms with Gasteiger partial charge in [-0.3, -0.25) is 0 Å². The number of aliphatic carboxylic acids is 1. The largest absolute Gasteiger partial charge is 0.482 e. The second-order valence-corrected chi connectivity index (χ2v) is 6.11. The summed E-state index contributed by atoms with van der Waals surface area (Å²) in [5.74, 6) is -0.777. The van der Waals surface area contributed by atoms with Gasteiger partial charge in [-0.25, -0.2) is 4.79 Å². The molecular formula is C17H15F3O4S. The topological polar surface area (TPSA) is 59.7 Å². The Balaban J connectivity index is 2.05. The molecule has 0 saturated heterocycles. The minimum absolute atomic E-state index is 0.102. The number of thioether (sulfide) groups is 1. The van der Waals surface area contributed by atoms with Crippen LogP contribution in [0.4, 0.5) is 13.2 Å². The number of carboxylic acids is 1. The Morgan fingerprint density at radius 3 is 2.68 bits per heavy atom. The molecule has 2 aromatic rings. The van der Waals surface area contributed by atoms with E-state index in [2.05, 4.69) is 0 Å². The molecule has 0 aliphatic carbocycles. The molecule has 0 aliphatic rings. The summed E-state index contributed by atoms with van der Waals surface area (Å²) in [6, 6.07) is 7.67. The number of allylic oxidation sites excluding steroid dienone is 1. The monoisotopic (exact) mass is 372 g/mol. The molecule has 0 bridgehead atoms. The Morgan fingerprint density at radius 1 is 1.36 bits per heavy atom. The Hall–Kier alpha value is -2.35. The van der Waals surface area contributed by atoms with Crippen LogP contribution in [-0.4, -0.2) is 29.6 Å². The average molecular weight is 372 g/mol. The van der Waals surface area contributed by atoms with Gasteiger partial charge in [-0.2, -0.15) is 13.2 Å². The van der Waals surface area contributed by atoms with Crippen molar-refractivity contribution in [3.8, 4) is 5.75 Å². The van der Waals surface area contributed by atoms with E-state index in [9.17, 15) is 18.0 Å². The van der Waals surface area contributed by atoms with Crippen molar-refractivity contribution in [2.24, 2.45) is 0 Å². The summed E-state index contributed by atoms with van der Waals surface area (Å²) in [6.45, 7) is 1.29. The molecule has 8 heteroatoms. The first-order valence-electron chi connectivity index (χ1n) is 7.16. The molecular weight excluding hydrogens is 357 g/mol. The Labute approximate surface area is 146 Å². The summed E-state index contributed by atoms with van der Waals surface area (Å²) in [5.41, 5.74) is -0.111. The third-order valence-corrected chi connectivity index (χ3v) is 4.05. The normalized spacial score (nSPS) is 12.2. The molecule has 0 atom stereocenters. The van der Waals surface area contributed by atoms with Crippen LogP contribution in [0.15, 0.2) is 52.0 Å². The summed E-state index contributed by atoms with van der Waals surface area (Å²) < 4.78 is 49.2. The quantitative estimate of drug-likeness (QED) is 0.708. The van der Waals surface area contributed by atoms with Crippen molar-refractivity contribution >= 4 is 23.3 Å². The third-order valence-electron chi connectivity index (χ3n) is 3.13. The molecule has 4 nitrogen and oxygen atoms in total. The van der Waals surface area contributed by atoms with E-state index >= 15 is 0 Å². The van der Waals surface area contributed by atoms with Crippen LogP contribution in [0.2, 0.25) is 0 Å². The number of carboxylic acid groups (broad SMARTS) is 1. The summed E-state index contributed by atoms with van der Waals surface area (Å²) in [4.78, 5) is 11.2. The zero-order valence-corrected chi connectivity index (χ0v) is 14.0. The lowest BCUT2D eigenvalue weighted by atomic mass is 10.2. The number of aryl methyl sites for hydroxylation is 1. The molecule has 1 aromatic carbocycles. The van der Waals surface area contributed by atoms with Crippen LogP contribution in [0.3, 0.4) is 0 Å². The number of halogens is 3. The van der Waals surface area contributed by atoms with Crippen molar-refractivity contribution in [3.63, 3.8) is 0 Å². The van der Waals surface area contributed by atoms with Crippen molar-refractivity contribution in [2.75, 3.05) is 12.4 Å². The lowest BCUT2D eigenvalue weighted by Gasteiger charge is -2.10. The number of carbonyl (C=O) groups is 1. The lowest BCUT2D eigenvalue weighted by Crippen LogP contribution is -2.10. The second-order valence-electron chi connectivity index (χ2n) is 5.01. The number of benzene rings is 1. The van der Waals surface area contributed by atoms with Gasteiger partial charge in [0.05, 0.1) is 11.8 Å². The van der Waals surface area contributed by atoms with E-state index in [1.54, 1.807) is 25.1 Å². The minimum atomic E-state index is -4.50. The first kappa shape index (κ1) is 19.0. The van der Waals surface area contributed by atoms with E-state index < -0.39 is 24.3 Å². The fourth-order valence-corrected chi connectivity index (χ4v) is 2.89. The van der Waals surface area contributed by atoms with Crippen molar-refractivity contribution < 1.29 is 32.2 Å². The van der Waals surface area contributed by atoms with Crippen molar-refractivity contribution in [3.05, 3.63) is 54.0 Å². The standard InChI is InChI=1S/C17H15F3O4S/c1-11-9-12(4-5-14(11)24-10-16(21)22)25-8-6-13(17(18,19)20)15-3-2-7-23-15/h2-7,9H,8,10H2,1H3,(H,21,22). The maximum absolute atomic E-state index is 13.1. The van der Waals surface area contributed by atoms with Gasteiger partial charge in [-0.15, -0.1) is 11.8 Å². The van der Waals surface area contributed by atoms with E-state index in [4.69, 9.17) is 14.3 Å². The summed E-state index contributed by atoms with van der Waals surface area (Å²) in [6.07, 6.45) is -2.22. The molecule has 1 aromatic heterocycles. The molecule has 25 heavy (non-hydrogen) atoms. The van der Waals surface area contributed by atoms with E-state index in [1.807, 2.05) is 0 Å². The Bertz CT molecular complexity index is 752. The van der Waals surface area contributed by atoms with Crippen LogP contribution >= 0.6 is 11.8 Å². The predicted molar refractivity (Wildman–Crippen MR) is 87.8 cm³/mol. The summed E-state index contributed by atoms with van der Waals surface area (Å²) in [5, 5.41) is 8.60. The summed E-state index contributed by atoms with van der Waals surface area (Å²) >= 11 is 1.22. The molecule has 0 radical (unpaired) electrons. The van der Waals surface area contributed by atoms with E-state index in [1.165, 1.54) is 30.2 Å². The molecule has 0 unspecified atom stereocenters. The third kappa shape index (κ3) is 5.60. The molecule has 0 aliphatic heterocycles. The number of rotatable bonds is 7. The number of hydrogen-bond acceptors (Lipinski definition) is 4. The van der Waals surface area contributed by atoms with Crippen molar-refractivity contribution in [1.82, 2.24) is 0 Å². The molecule has 2 rings (SSSR count). The highest BCUT2D eigenvalue weighted by Crippen LogP contribution is 2.35. The van der Waals surface area contributed by atoms with E-state index in [0.29, 0.717) is 11.3 Å². The second kappa shape index (κ2) is 8.15. The average Bonchev–Trinajstić information content (AvgIpc) is 3.03. The first-order chi connectivity index (χ1) is 11.8. The van der Waals surface area contributed by atoms with Gasteiger partial charge in [0, 0.05) is 10.6 Å². The molecule has 134 valence electrons. The lowest BCUT2D eigenvalue weighted by molar-refractivity contribution is -0.139. The van der Waals surface area contributed by atoms with Gasteiger partial charge in [0.1, 0.15) is 11.5 Å². The highest BCUT2D eigenvalue weighted by Gasteiger charge is 2.36. The number of furan rings is 1. The molecule has 0 amide bonds. The molecule has 0 spiro atoms. The highest BCUT2D eigenvalue weighted by molar-refractivity contribution is 7.99. The SMILES string of the molecule is Cc1cc(SCC=C(c2ccco2)C(F)(F)F)ccc1OCC(=O)O. The van der Waals surface area contributed by atoms with Crippen LogP contribution in [0.25, 0.3) is 5.57 Å². The molecule has 0 fully saturated rings. The van der Waals surface area contributed by atoms with Crippen LogP contribution in [0.1, 0.15) is 11.3 Å². The number of hydrogen-bond donors (Lipinski definition) is 1. The Morgan fingerprint density at radius 2 is 2.12 bits per heavy atom. The fourth-order valence-electron chi connectivity index (χ4n) is 2.02. The van der Waals surface area contributed by atoms with Gasteiger partial charge < -0.3 is 14.3 Å². The van der Waals surface area contributed by atoms with Gasteiger partial charge in [0.25, 0.3) is 0 Å². The van der Waals surface area contributed by atoms with Gasteiger partial charge in [0.15, 0.2) is 6.61 Å². The van der Waals surface area contributed by atoms with Crippen LogP contribution in [0.5, 0.6) is 5.75 Å². The maximum Gasteiger partial charge on any atom is 0.419 e. The Kier molecular flexibility index (Phi) is 6.19. The molecule has 1 heterocycles. The van der Waals surface area contributed by atoms with Crippen LogP contribution in [0, 0.1) is 6.92 Å². The first-order valence-corrected chi connectivity index (χ1v) is 8.15. The van der Waals surface area contributed by atoms with Crippen LogP contribution in [-0.2, 0) is 4.79 Å². The number of alkyl halides is 3. The fraction of sp³-hybridized carbons (Fsp3) is 0.235. The smallest absolute Gasteiger partial charge is 0.419 e. The zero-order chi connectivity index (χ0) is 18.4. The van der Waals surface area contributed by atoms with Gasteiger partial charge in [-0.1, -0.05) is 6.08 Å². The van der Waals surface area contributed by atoms with Crippen molar-refractivity contribution in [1.29, 1.82) is 0 Å². The zero-order valence-electron chi connectivity index (χ0n) is 13.2. The van der Waals surface area contributed by atoms with E-state index in [-0.39, 0.29) is 11.5 Å².